The van der Waals surface area contributed by atoms with Crippen LogP contribution in [0.1, 0.15) is 42.0 Å². The fourth-order valence-electron chi connectivity index (χ4n) is 2.05. The van der Waals surface area contributed by atoms with E-state index >= 15 is 0 Å². The smallest absolute Gasteiger partial charge is 0.257 e. The summed E-state index contributed by atoms with van der Waals surface area (Å²) in [6, 6.07) is 0.166. The highest BCUT2D eigenvalue weighted by Gasteiger charge is 2.24. The number of aryl methyl sites for hydroxylation is 2. The minimum atomic E-state index is 0.0539. The molecule has 0 radical (unpaired) electrons. The lowest BCUT2D eigenvalue weighted by Crippen LogP contribution is -2.38. The summed E-state index contributed by atoms with van der Waals surface area (Å²) in [6.45, 7) is 8.53. The Labute approximate surface area is 114 Å². The third kappa shape index (κ3) is 3.05. The van der Waals surface area contributed by atoms with Gasteiger partial charge in [-0.3, -0.25) is 9.48 Å². The number of hydrogen-bond donors (Lipinski definition) is 0. The monoisotopic (exact) mass is 271 g/mol. The molecular formula is C13H22ClN3O. The van der Waals surface area contributed by atoms with Crippen LogP contribution in [0.4, 0.5) is 0 Å². The molecule has 0 aliphatic heterocycles. The Bertz CT molecular complexity index is 426. The number of aromatic nitrogens is 2. The van der Waals surface area contributed by atoms with E-state index in [1.165, 1.54) is 0 Å². The van der Waals surface area contributed by atoms with Crippen LogP contribution < -0.4 is 0 Å². The minimum absolute atomic E-state index is 0.0539. The molecule has 0 N–H and O–H groups in total. The maximum absolute atomic E-state index is 12.6. The molecule has 0 bridgehead atoms. The summed E-state index contributed by atoms with van der Waals surface area (Å²) in [7, 11) is 1.86. The van der Waals surface area contributed by atoms with Gasteiger partial charge in [-0.15, -0.1) is 11.6 Å². The van der Waals surface area contributed by atoms with Crippen LogP contribution in [0.5, 0.6) is 0 Å². The van der Waals surface area contributed by atoms with Crippen molar-refractivity contribution >= 4 is 17.5 Å². The Hall–Kier alpha value is -1.03. The van der Waals surface area contributed by atoms with Crippen molar-refractivity contribution in [2.45, 2.75) is 40.2 Å². The Balaban J connectivity index is 3.02. The van der Waals surface area contributed by atoms with Crippen LogP contribution in [0.2, 0.25) is 0 Å². The van der Waals surface area contributed by atoms with Crippen LogP contribution in [-0.4, -0.2) is 39.1 Å². The second-order valence-electron chi connectivity index (χ2n) is 4.80. The Morgan fingerprint density at radius 2 is 2.06 bits per heavy atom. The third-order valence-electron chi connectivity index (χ3n) is 3.14. The molecule has 0 unspecified atom stereocenters. The highest BCUT2D eigenvalue weighted by atomic mass is 35.5. The maximum atomic E-state index is 12.6. The van der Waals surface area contributed by atoms with Gasteiger partial charge in [-0.25, -0.2) is 0 Å². The molecule has 0 aromatic carbocycles. The van der Waals surface area contributed by atoms with E-state index in [0.717, 1.165) is 23.4 Å². The molecule has 0 aliphatic carbocycles. The number of alkyl halides is 1. The first-order valence-corrected chi connectivity index (χ1v) is 6.80. The Morgan fingerprint density at radius 3 is 2.44 bits per heavy atom. The topological polar surface area (TPSA) is 38.1 Å². The first-order valence-electron chi connectivity index (χ1n) is 6.27. The lowest BCUT2D eigenvalue weighted by Gasteiger charge is -2.26. The summed E-state index contributed by atoms with van der Waals surface area (Å²) in [4.78, 5) is 14.4. The zero-order valence-electron chi connectivity index (χ0n) is 11.8. The van der Waals surface area contributed by atoms with Gasteiger partial charge in [0.25, 0.3) is 5.91 Å². The Morgan fingerprint density at radius 1 is 1.44 bits per heavy atom. The van der Waals surface area contributed by atoms with E-state index in [1.807, 2.05) is 39.6 Å². The second kappa shape index (κ2) is 6.23. The van der Waals surface area contributed by atoms with Gasteiger partial charge >= 0.3 is 0 Å². The van der Waals surface area contributed by atoms with Crippen molar-refractivity contribution in [3.63, 3.8) is 0 Å². The van der Waals surface area contributed by atoms with Crippen molar-refractivity contribution in [2.75, 3.05) is 12.4 Å². The van der Waals surface area contributed by atoms with Gasteiger partial charge in [-0.2, -0.15) is 5.10 Å². The lowest BCUT2D eigenvalue weighted by molar-refractivity contribution is 0.0705. The molecule has 4 nitrogen and oxygen atoms in total. The third-order valence-corrected chi connectivity index (χ3v) is 3.41. The van der Waals surface area contributed by atoms with Crippen molar-refractivity contribution in [3.05, 3.63) is 17.0 Å². The quantitative estimate of drug-likeness (QED) is 0.772. The molecule has 0 aliphatic rings. The van der Waals surface area contributed by atoms with Crippen LogP contribution >= 0.6 is 11.6 Å². The summed E-state index contributed by atoms with van der Waals surface area (Å²) < 4.78 is 1.75. The molecule has 5 heteroatoms. The average Bonchev–Trinajstić information content (AvgIpc) is 2.53. The highest BCUT2D eigenvalue weighted by molar-refractivity contribution is 6.17. The van der Waals surface area contributed by atoms with Crippen LogP contribution in [0, 0.1) is 13.8 Å². The van der Waals surface area contributed by atoms with E-state index in [1.54, 1.807) is 4.68 Å². The van der Waals surface area contributed by atoms with Crippen LogP contribution in [0.15, 0.2) is 0 Å². The van der Waals surface area contributed by atoms with Crippen molar-refractivity contribution in [1.29, 1.82) is 0 Å². The zero-order valence-corrected chi connectivity index (χ0v) is 12.6. The zero-order chi connectivity index (χ0) is 13.9. The normalized spacial score (nSPS) is 11.1. The summed E-state index contributed by atoms with van der Waals surface area (Å²) in [6.07, 6.45) is 0.809. The van der Waals surface area contributed by atoms with Gasteiger partial charge in [0.2, 0.25) is 0 Å². The van der Waals surface area contributed by atoms with Crippen molar-refractivity contribution in [3.8, 4) is 0 Å². The first kappa shape index (κ1) is 15.0. The summed E-state index contributed by atoms with van der Waals surface area (Å²) in [5.41, 5.74) is 2.42. The molecular weight excluding hydrogens is 250 g/mol. The van der Waals surface area contributed by atoms with Gasteiger partial charge < -0.3 is 4.90 Å². The summed E-state index contributed by atoms with van der Waals surface area (Å²) in [5, 5.41) is 4.30. The van der Waals surface area contributed by atoms with E-state index in [-0.39, 0.29) is 11.9 Å². The second-order valence-corrected chi connectivity index (χ2v) is 5.18. The Kier molecular flexibility index (Phi) is 5.20. The van der Waals surface area contributed by atoms with E-state index in [2.05, 4.69) is 5.10 Å². The number of rotatable bonds is 5. The van der Waals surface area contributed by atoms with Gasteiger partial charge in [0.1, 0.15) is 0 Å². The number of nitrogens with zero attached hydrogens (tertiary/aromatic N) is 3. The fourth-order valence-corrected chi connectivity index (χ4v) is 2.17. The number of carbonyl (C=O) groups excluding carboxylic acids is 1. The molecule has 1 aromatic heterocycles. The lowest BCUT2D eigenvalue weighted by atomic mass is 10.1. The summed E-state index contributed by atoms with van der Waals surface area (Å²) in [5.74, 6) is 0.625. The molecule has 1 aromatic rings. The molecule has 1 amide bonds. The van der Waals surface area contributed by atoms with Gasteiger partial charge in [-0.1, -0.05) is 0 Å². The fraction of sp³-hybridized carbons (Fsp3) is 0.692. The largest absolute Gasteiger partial charge is 0.336 e. The van der Waals surface area contributed by atoms with Crippen LogP contribution in [0.25, 0.3) is 0 Å². The molecule has 0 saturated heterocycles. The minimum Gasteiger partial charge on any atom is -0.336 e. The van der Waals surface area contributed by atoms with Crippen molar-refractivity contribution in [2.24, 2.45) is 7.05 Å². The van der Waals surface area contributed by atoms with E-state index < -0.39 is 0 Å². The van der Waals surface area contributed by atoms with E-state index in [4.69, 9.17) is 11.6 Å². The first-order chi connectivity index (χ1) is 8.40. The molecule has 0 saturated carbocycles. The van der Waals surface area contributed by atoms with Gasteiger partial charge in [0.05, 0.1) is 11.3 Å². The molecule has 0 fully saturated rings. The molecule has 18 heavy (non-hydrogen) atoms. The number of carbonyl (C=O) groups is 1. The van der Waals surface area contributed by atoms with Crippen molar-refractivity contribution in [1.82, 2.24) is 14.7 Å². The molecule has 102 valence electrons. The van der Waals surface area contributed by atoms with E-state index in [9.17, 15) is 4.79 Å². The molecule has 1 heterocycles. The van der Waals surface area contributed by atoms with Crippen LogP contribution in [-0.2, 0) is 7.05 Å². The van der Waals surface area contributed by atoms with Crippen LogP contribution in [0.3, 0.4) is 0 Å². The van der Waals surface area contributed by atoms with Gasteiger partial charge in [0, 0.05) is 31.2 Å². The predicted molar refractivity (Wildman–Crippen MR) is 74.2 cm³/mol. The summed E-state index contributed by atoms with van der Waals surface area (Å²) >= 11 is 5.71. The van der Waals surface area contributed by atoms with Crippen molar-refractivity contribution < 1.29 is 4.79 Å². The van der Waals surface area contributed by atoms with Gasteiger partial charge in [-0.05, 0) is 34.1 Å². The average molecular weight is 272 g/mol. The molecule has 1 rings (SSSR count). The van der Waals surface area contributed by atoms with Gasteiger partial charge in [0.15, 0.2) is 0 Å². The number of amides is 1. The number of hydrogen-bond acceptors (Lipinski definition) is 2. The predicted octanol–water partition coefficient (Wildman–Crippen LogP) is 2.52. The van der Waals surface area contributed by atoms with E-state index in [0.29, 0.717) is 12.4 Å². The SMILES string of the molecule is Cc1nn(C)c(C)c1C(=O)N(CCCCl)C(C)C. The maximum Gasteiger partial charge on any atom is 0.257 e. The highest BCUT2D eigenvalue weighted by Crippen LogP contribution is 2.16. The number of halogens is 1. The standard InChI is InChI=1S/C13H22ClN3O/c1-9(2)17(8-6-7-14)13(18)12-10(3)15-16(5)11(12)4/h9H,6-8H2,1-5H3. The molecule has 0 spiro atoms. The molecule has 0 atom stereocenters.